The van der Waals surface area contributed by atoms with Crippen molar-refractivity contribution in [3.8, 4) is 11.5 Å². The molecule has 0 aliphatic carbocycles. The Morgan fingerprint density at radius 2 is 1.89 bits per heavy atom. The zero-order valence-electron chi connectivity index (χ0n) is 10.1. The van der Waals surface area contributed by atoms with Gasteiger partial charge in [-0.15, -0.1) is 0 Å². The van der Waals surface area contributed by atoms with Crippen molar-refractivity contribution in [2.75, 3.05) is 0 Å². The molecule has 2 aromatic carbocycles. The Morgan fingerprint density at radius 3 is 2.53 bits per heavy atom. The quantitative estimate of drug-likeness (QED) is 0.861. The molecular formula is C14H11ClFNOS. The summed E-state index contributed by atoms with van der Waals surface area (Å²) >= 11 is 11.0. The van der Waals surface area contributed by atoms with Gasteiger partial charge in [0.05, 0.1) is 10.6 Å². The van der Waals surface area contributed by atoms with Crippen LogP contribution in [0.2, 0.25) is 5.02 Å². The molecule has 0 aliphatic heterocycles. The molecule has 0 saturated carbocycles. The van der Waals surface area contributed by atoms with E-state index in [2.05, 4.69) is 0 Å². The fourth-order valence-electron chi connectivity index (χ4n) is 1.59. The maximum Gasteiger partial charge on any atom is 0.146 e. The van der Waals surface area contributed by atoms with Crippen LogP contribution >= 0.6 is 23.8 Å². The standard InChI is InChI=1S/C14H11ClFNOS/c1-8-2-4-13(11(15)6-8)18-12-5-3-9(16)7-10(12)14(17)19/h2-7H,1H3,(H2,17,19). The molecule has 0 amide bonds. The van der Waals surface area contributed by atoms with Crippen molar-refractivity contribution in [2.45, 2.75) is 6.92 Å². The molecule has 2 rings (SSSR count). The smallest absolute Gasteiger partial charge is 0.146 e. The van der Waals surface area contributed by atoms with Crippen molar-refractivity contribution in [1.29, 1.82) is 0 Å². The molecule has 0 heterocycles. The first-order valence-corrected chi connectivity index (χ1v) is 6.29. The predicted octanol–water partition coefficient (Wildman–Crippen LogP) is 4.21. The molecule has 0 aliphatic rings. The lowest BCUT2D eigenvalue weighted by molar-refractivity contribution is 0.479. The van der Waals surface area contributed by atoms with Crippen LogP contribution in [-0.2, 0) is 0 Å². The van der Waals surface area contributed by atoms with Crippen molar-refractivity contribution in [1.82, 2.24) is 0 Å². The Bertz CT molecular complexity index is 645. The van der Waals surface area contributed by atoms with Gasteiger partial charge in [-0.25, -0.2) is 4.39 Å². The molecule has 0 radical (unpaired) electrons. The van der Waals surface area contributed by atoms with Crippen LogP contribution in [0.25, 0.3) is 0 Å². The summed E-state index contributed by atoms with van der Waals surface area (Å²) in [7, 11) is 0. The second-order valence-corrected chi connectivity index (χ2v) is 4.89. The van der Waals surface area contributed by atoms with E-state index in [1.165, 1.54) is 18.2 Å². The normalized spacial score (nSPS) is 10.3. The van der Waals surface area contributed by atoms with Crippen LogP contribution in [0.4, 0.5) is 4.39 Å². The summed E-state index contributed by atoms with van der Waals surface area (Å²) in [5.74, 6) is 0.418. The molecule has 5 heteroatoms. The third-order valence-corrected chi connectivity index (χ3v) is 3.03. The summed E-state index contributed by atoms with van der Waals surface area (Å²) in [6, 6.07) is 9.37. The summed E-state index contributed by atoms with van der Waals surface area (Å²) in [5.41, 5.74) is 6.91. The van der Waals surface area contributed by atoms with Crippen molar-refractivity contribution in [3.63, 3.8) is 0 Å². The van der Waals surface area contributed by atoms with E-state index in [0.717, 1.165) is 5.56 Å². The summed E-state index contributed by atoms with van der Waals surface area (Å²) in [5, 5.41) is 0.471. The molecule has 2 nitrogen and oxygen atoms in total. The fraction of sp³-hybridized carbons (Fsp3) is 0.0714. The van der Waals surface area contributed by atoms with Crippen LogP contribution in [0.15, 0.2) is 36.4 Å². The zero-order valence-corrected chi connectivity index (χ0v) is 11.7. The number of hydrogen-bond donors (Lipinski definition) is 1. The third kappa shape index (κ3) is 3.22. The summed E-state index contributed by atoms with van der Waals surface area (Å²) in [6.45, 7) is 1.92. The van der Waals surface area contributed by atoms with Crippen LogP contribution < -0.4 is 10.5 Å². The molecule has 2 N–H and O–H groups in total. The van der Waals surface area contributed by atoms with Gasteiger partial charge in [-0.3, -0.25) is 0 Å². The number of aryl methyl sites for hydroxylation is 1. The zero-order chi connectivity index (χ0) is 14.0. The Labute approximate surface area is 120 Å². The van der Waals surface area contributed by atoms with E-state index in [-0.39, 0.29) is 4.99 Å². The molecule has 0 fully saturated rings. The van der Waals surface area contributed by atoms with Gasteiger partial charge in [-0.1, -0.05) is 29.9 Å². The first-order valence-electron chi connectivity index (χ1n) is 5.51. The maximum absolute atomic E-state index is 13.2. The average Bonchev–Trinajstić information content (AvgIpc) is 2.34. The highest BCUT2D eigenvalue weighted by atomic mass is 35.5. The first kappa shape index (κ1) is 13.8. The Hall–Kier alpha value is -1.65. The minimum absolute atomic E-state index is 0.0673. The summed E-state index contributed by atoms with van der Waals surface area (Å²) in [4.78, 5) is 0.0673. The lowest BCUT2D eigenvalue weighted by Crippen LogP contribution is -2.11. The van der Waals surface area contributed by atoms with E-state index in [0.29, 0.717) is 22.1 Å². The summed E-state index contributed by atoms with van der Waals surface area (Å²) < 4.78 is 18.8. The highest BCUT2D eigenvalue weighted by Crippen LogP contribution is 2.32. The van der Waals surface area contributed by atoms with Gasteiger partial charge in [0.1, 0.15) is 22.3 Å². The third-order valence-electron chi connectivity index (χ3n) is 2.51. The van der Waals surface area contributed by atoms with Gasteiger partial charge in [0.25, 0.3) is 0 Å². The fourth-order valence-corrected chi connectivity index (χ4v) is 2.02. The topological polar surface area (TPSA) is 35.2 Å². The van der Waals surface area contributed by atoms with Crippen molar-refractivity contribution in [2.24, 2.45) is 5.73 Å². The number of hydrogen-bond acceptors (Lipinski definition) is 2. The van der Waals surface area contributed by atoms with Crippen LogP contribution in [0.1, 0.15) is 11.1 Å². The van der Waals surface area contributed by atoms with Crippen LogP contribution in [0, 0.1) is 12.7 Å². The number of ether oxygens (including phenoxy) is 1. The van der Waals surface area contributed by atoms with Crippen LogP contribution in [-0.4, -0.2) is 4.99 Å². The lowest BCUT2D eigenvalue weighted by atomic mass is 10.2. The van der Waals surface area contributed by atoms with E-state index in [1.54, 1.807) is 12.1 Å². The number of rotatable bonds is 3. The minimum atomic E-state index is -0.426. The van der Waals surface area contributed by atoms with Gasteiger partial charge in [0, 0.05) is 0 Å². The van der Waals surface area contributed by atoms with Gasteiger partial charge in [-0.2, -0.15) is 0 Å². The lowest BCUT2D eigenvalue weighted by Gasteiger charge is -2.12. The Morgan fingerprint density at radius 1 is 1.21 bits per heavy atom. The van der Waals surface area contributed by atoms with Crippen LogP contribution in [0.3, 0.4) is 0 Å². The minimum Gasteiger partial charge on any atom is -0.455 e. The average molecular weight is 296 g/mol. The second kappa shape index (κ2) is 5.55. The number of halogens is 2. The predicted molar refractivity (Wildman–Crippen MR) is 78.6 cm³/mol. The van der Waals surface area contributed by atoms with Gasteiger partial charge >= 0.3 is 0 Å². The maximum atomic E-state index is 13.2. The molecule has 0 aromatic heterocycles. The molecule has 2 aromatic rings. The molecule has 0 unspecified atom stereocenters. The van der Waals surface area contributed by atoms with Crippen LogP contribution in [0.5, 0.6) is 11.5 Å². The number of nitrogens with two attached hydrogens (primary N) is 1. The second-order valence-electron chi connectivity index (χ2n) is 4.04. The molecule has 0 spiro atoms. The number of benzene rings is 2. The van der Waals surface area contributed by atoms with E-state index >= 15 is 0 Å². The van der Waals surface area contributed by atoms with Gasteiger partial charge in [0.2, 0.25) is 0 Å². The van der Waals surface area contributed by atoms with Crippen molar-refractivity contribution >= 4 is 28.8 Å². The van der Waals surface area contributed by atoms with Crippen molar-refractivity contribution in [3.05, 3.63) is 58.4 Å². The molecule has 0 atom stereocenters. The summed E-state index contributed by atoms with van der Waals surface area (Å²) in [6.07, 6.45) is 0. The molecular weight excluding hydrogens is 285 g/mol. The Kier molecular flexibility index (Phi) is 4.02. The number of thiocarbonyl (C=S) groups is 1. The van der Waals surface area contributed by atoms with Gasteiger partial charge in [-0.05, 0) is 42.8 Å². The Balaban J connectivity index is 2.40. The van der Waals surface area contributed by atoms with E-state index in [9.17, 15) is 4.39 Å². The molecule has 19 heavy (non-hydrogen) atoms. The van der Waals surface area contributed by atoms with Gasteiger partial charge < -0.3 is 10.5 Å². The van der Waals surface area contributed by atoms with E-state index in [4.69, 9.17) is 34.3 Å². The largest absolute Gasteiger partial charge is 0.455 e. The van der Waals surface area contributed by atoms with E-state index in [1.807, 2.05) is 13.0 Å². The SMILES string of the molecule is Cc1ccc(Oc2ccc(F)cc2C(N)=S)c(Cl)c1. The molecule has 98 valence electrons. The van der Waals surface area contributed by atoms with Gasteiger partial charge in [0.15, 0.2) is 0 Å². The highest BCUT2D eigenvalue weighted by Gasteiger charge is 2.11. The molecule has 0 bridgehead atoms. The van der Waals surface area contributed by atoms with Crippen molar-refractivity contribution < 1.29 is 9.13 Å². The molecule has 0 saturated heterocycles. The first-order chi connectivity index (χ1) is 8.97. The monoisotopic (exact) mass is 295 g/mol. The highest BCUT2D eigenvalue weighted by molar-refractivity contribution is 7.80. The van der Waals surface area contributed by atoms with E-state index < -0.39 is 5.82 Å².